The molecule has 0 saturated heterocycles. The van der Waals surface area contributed by atoms with Crippen LogP contribution in [0.15, 0.2) is 12.1 Å². The van der Waals surface area contributed by atoms with E-state index in [1.807, 2.05) is 12.1 Å². The molecule has 1 aliphatic heterocycles. The maximum Gasteiger partial charge on any atom is 0.231 e. The Morgan fingerprint density at radius 1 is 1.28 bits per heavy atom. The fourth-order valence-electron chi connectivity index (χ4n) is 1.87. The highest BCUT2D eigenvalue weighted by molar-refractivity contribution is 5.60. The number of benzene rings is 1. The van der Waals surface area contributed by atoms with Crippen molar-refractivity contribution in [1.29, 1.82) is 0 Å². The lowest BCUT2D eigenvalue weighted by Crippen LogP contribution is -2.26. The molecule has 0 unspecified atom stereocenters. The van der Waals surface area contributed by atoms with Crippen LogP contribution in [-0.4, -0.2) is 19.9 Å². The summed E-state index contributed by atoms with van der Waals surface area (Å²) in [6.07, 6.45) is 1.04. The molecule has 100 valence electrons. The average molecular weight is 250 g/mol. The standard InChI is InChI=1S/C14H22N2O2/c1-10-6-12-13(18-9-17-12)7-11(10)16-5-4-14(2,3)8-15/h6-7,16H,4-5,8-9,15H2,1-3H3. The maximum absolute atomic E-state index is 5.73. The Labute approximate surface area is 108 Å². The summed E-state index contributed by atoms with van der Waals surface area (Å²) >= 11 is 0. The Morgan fingerprint density at radius 3 is 2.61 bits per heavy atom. The second kappa shape index (κ2) is 5.06. The fourth-order valence-corrected chi connectivity index (χ4v) is 1.87. The van der Waals surface area contributed by atoms with E-state index in [4.69, 9.17) is 15.2 Å². The molecule has 18 heavy (non-hydrogen) atoms. The molecular weight excluding hydrogens is 228 g/mol. The molecule has 4 heteroatoms. The van der Waals surface area contributed by atoms with Gasteiger partial charge in [-0.1, -0.05) is 13.8 Å². The summed E-state index contributed by atoms with van der Waals surface area (Å²) in [7, 11) is 0. The zero-order valence-electron chi connectivity index (χ0n) is 11.4. The Balaban J connectivity index is 1.98. The first-order chi connectivity index (χ1) is 8.52. The molecule has 0 atom stereocenters. The molecule has 0 aliphatic carbocycles. The third-order valence-electron chi connectivity index (χ3n) is 3.39. The van der Waals surface area contributed by atoms with Crippen LogP contribution in [0.3, 0.4) is 0 Å². The van der Waals surface area contributed by atoms with Crippen molar-refractivity contribution in [2.24, 2.45) is 11.1 Å². The molecular formula is C14H22N2O2. The van der Waals surface area contributed by atoms with Gasteiger partial charge in [-0.05, 0) is 36.9 Å². The molecule has 3 N–H and O–H groups in total. The van der Waals surface area contributed by atoms with Crippen molar-refractivity contribution in [3.05, 3.63) is 17.7 Å². The van der Waals surface area contributed by atoms with Crippen LogP contribution in [0.2, 0.25) is 0 Å². The second-order valence-corrected chi connectivity index (χ2v) is 5.57. The van der Waals surface area contributed by atoms with Crippen LogP contribution < -0.4 is 20.5 Å². The third-order valence-corrected chi connectivity index (χ3v) is 3.39. The number of hydrogen-bond acceptors (Lipinski definition) is 4. The van der Waals surface area contributed by atoms with Crippen LogP contribution in [0.25, 0.3) is 0 Å². The van der Waals surface area contributed by atoms with Crippen LogP contribution in [0.5, 0.6) is 11.5 Å². The Morgan fingerprint density at radius 2 is 1.94 bits per heavy atom. The van der Waals surface area contributed by atoms with E-state index in [0.717, 1.165) is 30.2 Å². The van der Waals surface area contributed by atoms with Gasteiger partial charge in [0.1, 0.15) is 0 Å². The molecule has 0 amide bonds. The summed E-state index contributed by atoms with van der Waals surface area (Å²) in [6.45, 7) is 8.36. The van der Waals surface area contributed by atoms with Crippen molar-refractivity contribution >= 4 is 5.69 Å². The molecule has 0 radical (unpaired) electrons. The van der Waals surface area contributed by atoms with E-state index in [1.165, 1.54) is 5.56 Å². The number of rotatable bonds is 5. The molecule has 0 saturated carbocycles. The third kappa shape index (κ3) is 2.88. The second-order valence-electron chi connectivity index (χ2n) is 5.57. The minimum atomic E-state index is 0.178. The van der Waals surface area contributed by atoms with E-state index < -0.39 is 0 Å². The molecule has 1 aromatic carbocycles. The van der Waals surface area contributed by atoms with Gasteiger partial charge in [-0.25, -0.2) is 0 Å². The molecule has 4 nitrogen and oxygen atoms in total. The minimum absolute atomic E-state index is 0.178. The summed E-state index contributed by atoms with van der Waals surface area (Å²) < 4.78 is 10.7. The molecule has 1 heterocycles. The first kappa shape index (κ1) is 13.0. The topological polar surface area (TPSA) is 56.5 Å². The van der Waals surface area contributed by atoms with Crippen molar-refractivity contribution in [3.8, 4) is 11.5 Å². The largest absolute Gasteiger partial charge is 0.454 e. The Bertz CT molecular complexity index is 430. The van der Waals surface area contributed by atoms with Gasteiger partial charge in [0.15, 0.2) is 11.5 Å². The number of ether oxygens (including phenoxy) is 2. The number of anilines is 1. The summed E-state index contributed by atoms with van der Waals surface area (Å²) in [5, 5.41) is 3.44. The van der Waals surface area contributed by atoms with Crippen molar-refractivity contribution in [2.45, 2.75) is 27.2 Å². The number of aryl methyl sites for hydroxylation is 1. The molecule has 1 aromatic rings. The van der Waals surface area contributed by atoms with Crippen molar-refractivity contribution in [2.75, 3.05) is 25.2 Å². The number of fused-ring (bicyclic) bond motifs is 1. The smallest absolute Gasteiger partial charge is 0.231 e. The average Bonchev–Trinajstić information content (AvgIpc) is 2.76. The number of nitrogens with one attached hydrogen (secondary N) is 1. The van der Waals surface area contributed by atoms with Gasteiger partial charge in [-0.2, -0.15) is 0 Å². The predicted octanol–water partition coefficient (Wildman–Crippen LogP) is 2.51. The minimum Gasteiger partial charge on any atom is -0.454 e. The highest BCUT2D eigenvalue weighted by atomic mass is 16.7. The monoisotopic (exact) mass is 250 g/mol. The Hall–Kier alpha value is -1.42. The van der Waals surface area contributed by atoms with E-state index in [-0.39, 0.29) is 5.41 Å². The van der Waals surface area contributed by atoms with Gasteiger partial charge in [-0.15, -0.1) is 0 Å². The fraction of sp³-hybridized carbons (Fsp3) is 0.571. The predicted molar refractivity (Wildman–Crippen MR) is 73.2 cm³/mol. The maximum atomic E-state index is 5.73. The van der Waals surface area contributed by atoms with E-state index in [1.54, 1.807) is 0 Å². The van der Waals surface area contributed by atoms with Crippen molar-refractivity contribution in [3.63, 3.8) is 0 Å². The SMILES string of the molecule is Cc1cc2c(cc1NCCC(C)(C)CN)OCO2. The van der Waals surface area contributed by atoms with Crippen molar-refractivity contribution in [1.82, 2.24) is 0 Å². The molecule has 2 rings (SSSR count). The molecule has 0 spiro atoms. The highest BCUT2D eigenvalue weighted by Crippen LogP contribution is 2.36. The normalized spacial score (nSPS) is 13.8. The zero-order valence-corrected chi connectivity index (χ0v) is 11.4. The van der Waals surface area contributed by atoms with Gasteiger partial charge >= 0.3 is 0 Å². The van der Waals surface area contributed by atoms with E-state index in [9.17, 15) is 0 Å². The van der Waals surface area contributed by atoms with Crippen LogP contribution in [0, 0.1) is 12.3 Å². The van der Waals surface area contributed by atoms with Gasteiger partial charge in [0.25, 0.3) is 0 Å². The van der Waals surface area contributed by atoms with E-state index >= 15 is 0 Å². The summed E-state index contributed by atoms with van der Waals surface area (Å²) in [4.78, 5) is 0. The van der Waals surface area contributed by atoms with E-state index in [2.05, 4.69) is 26.1 Å². The van der Waals surface area contributed by atoms with E-state index in [0.29, 0.717) is 13.3 Å². The summed E-state index contributed by atoms with van der Waals surface area (Å²) in [5.74, 6) is 1.65. The first-order valence-corrected chi connectivity index (χ1v) is 6.36. The van der Waals surface area contributed by atoms with Gasteiger partial charge in [0.2, 0.25) is 6.79 Å². The zero-order chi connectivity index (χ0) is 13.2. The van der Waals surface area contributed by atoms with Crippen LogP contribution in [-0.2, 0) is 0 Å². The van der Waals surface area contributed by atoms with Crippen LogP contribution in [0.1, 0.15) is 25.8 Å². The Kier molecular flexibility index (Phi) is 3.66. The lowest BCUT2D eigenvalue weighted by molar-refractivity contribution is 0.174. The number of hydrogen-bond donors (Lipinski definition) is 2. The first-order valence-electron chi connectivity index (χ1n) is 6.36. The number of nitrogens with two attached hydrogens (primary N) is 1. The van der Waals surface area contributed by atoms with Gasteiger partial charge in [0, 0.05) is 18.3 Å². The van der Waals surface area contributed by atoms with Gasteiger partial charge < -0.3 is 20.5 Å². The molecule has 0 bridgehead atoms. The van der Waals surface area contributed by atoms with Gasteiger partial charge in [0.05, 0.1) is 0 Å². The molecule has 1 aliphatic rings. The summed E-state index contributed by atoms with van der Waals surface area (Å²) in [5.41, 5.74) is 8.18. The lowest BCUT2D eigenvalue weighted by atomic mass is 9.89. The summed E-state index contributed by atoms with van der Waals surface area (Å²) in [6, 6.07) is 4.02. The highest BCUT2D eigenvalue weighted by Gasteiger charge is 2.17. The van der Waals surface area contributed by atoms with Crippen molar-refractivity contribution < 1.29 is 9.47 Å². The quantitative estimate of drug-likeness (QED) is 0.843. The molecule has 0 aromatic heterocycles. The van der Waals surface area contributed by atoms with Crippen LogP contribution >= 0.6 is 0 Å². The van der Waals surface area contributed by atoms with Crippen LogP contribution in [0.4, 0.5) is 5.69 Å². The molecule has 0 fully saturated rings. The lowest BCUT2D eigenvalue weighted by Gasteiger charge is -2.22. The van der Waals surface area contributed by atoms with Gasteiger partial charge in [-0.3, -0.25) is 0 Å².